The summed E-state index contributed by atoms with van der Waals surface area (Å²) in [4.78, 5) is 37.4. The molecule has 1 saturated carbocycles. The maximum atomic E-state index is 12.7. The molecular weight excluding hydrogens is 326 g/mol. The van der Waals surface area contributed by atoms with E-state index in [1.807, 2.05) is 0 Å². The third-order valence-corrected chi connectivity index (χ3v) is 4.70. The molecule has 1 aliphatic heterocycles. The number of benzene rings is 1. The van der Waals surface area contributed by atoms with E-state index in [2.05, 4.69) is 10.7 Å². The van der Waals surface area contributed by atoms with Gasteiger partial charge in [0.25, 0.3) is 11.8 Å². The van der Waals surface area contributed by atoms with Gasteiger partial charge in [0.2, 0.25) is 0 Å². The molecule has 1 heterocycles. The van der Waals surface area contributed by atoms with Gasteiger partial charge < -0.3 is 14.8 Å². The molecule has 1 spiro atoms. The summed E-state index contributed by atoms with van der Waals surface area (Å²) in [7, 11) is 2.95. The fraction of sp³-hybridized carbons (Fsp3) is 0.471. The van der Waals surface area contributed by atoms with Crippen molar-refractivity contribution in [1.29, 1.82) is 0 Å². The highest BCUT2D eigenvalue weighted by Gasteiger charge is 2.52. The largest absolute Gasteiger partial charge is 0.497 e. The molecule has 134 valence electrons. The predicted octanol–water partition coefficient (Wildman–Crippen LogP) is 1.60. The van der Waals surface area contributed by atoms with Gasteiger partial charge in [0, 0.05) is 11.6 Å². The second-order valence-electron chi connectivity index (χ2n) is 6.26. The van der Waals surface area contributed by atoms with E-state index in [0.717, 1.165) is 24.3 Å². The van der Waals surface area contributed by atoms with Gasteiger partial charge in [-0.3, -0.25) is 15.0 Å². The first-order valence-corrected chi connectivity index (χ1v) is 8.20. The molecule has 1 aliphatic carbocycles. The number of ether oxygens (including phenoxy) is 2. The van der Waals surface area contributed by atoms with Gasteiger partial charge in [0.05, 0.1) is 14.2 Å². The lowest BCUT2D eigenvalue weighted by atomic mass is 9.82. The molecule has 8 nitrogen and oxygen atoms in total. The van der Waals surface area contributed by atoms with Gasteiger partial charge in [-0.2, -0.15) is 5.01 Å². The van der Waals surface area contributed by atoms with Gasteiger partial charge in [0.1, 0.15) is 17.0 Å². The van der Waals surface area contributed by atoms with Gasteiger partial charge in [-0.1, -0.05) is 19.3 Å². The Bertz CT molecular complexity index is 690. The van der Waals surface area contributed by atoms with Crippen LogP contribution < -0.4 is 20.2 Å². The Labute approximate surface area is 145 Å². The van der Waals surface area contributed by atoms with Crippen LogP contribution in [0.5, 0.6) is 11.5 Å². The number of nitrogens with zero attached hydrogens (tertiary/aromatic N) is 1. The lowest BCUT2D eigenvalue weighted by molar-refractivity contribution is -0.134. The molecule has 0 unspecified atom stereocenters. The highest BCUT2D eigenvalue weighted by atomic mass is 16.5. The first-order valence-electron chi connectivity index (χ1n) is 8.20. The number of hydrazine groups is 1. The Kier molecular flexibility index (Phi) is 4.52. The topological polar surface area (TPSA) is 97.0 Å². The average molecular weight is 347 g/mol. The van der Waals surface area contributed by atoms with Crippen molar-refractivity contribution in [2.75, 3.05) is 14.2 Å². The number of hydrogen-bond acceptors (Lipinski definition) is 5. The van der Waals surface area contributed by atoms with E-state index in [1.165, 1.54) is 26.4 Å². The van der Waals surface area contributed by atoms with Crippen LogP contribution in [0.4, 0.5) is 4.79 Å². The van der Waals surface area contributed by atoms with E-state index in [9.17, 15) is 14.4 Å². The fourth-order valence-corrected chi connectivity index (χ4v) is 3.32. The van der Waals surface area contributed by atoms with Crippen molar-refractivity contribution in [2.24, 2.45) is 0 Å². The van der Waals surface area contributed by atoms with E-state index >= 15 is 0 Å². The zero-order valence-electron chi connectivity index (χ0n) is 14.3. The van der Waals surface area contributed by atoms with Crippen LogP contribution in [0.25, 0.3) is 0 Å². The van der Waals surface area contributed by atoms with Crippen molar-refractivity contribution in [3.8, 4) is 11.5 Å². The van der Waals surface area contributed by atoms with Crippen LogP contribution in [0.2, 0.25) is 0 Å². The normalized spacial score (nSPS) is 18.9. The van der Waals surface area contributed by atoms with E-state index in [1.54, 1.807) is 6.07 Å². The monoisotopic (exact) mass is 347 g/mol. The highest BCUT2D eigenvalue weighted by molar-refractivity contribution is 6.09. The van der Waals surface area contributed by atoms with Gasteiger partial charge in [-0.05, 0) is 25.0 Å². The van der Waals surface area contributed by atoms with Crippen molar-refractivity contribution in [1.82, 2.24) is 15.8 Å². The van der Waals surface area contributed by atoms with E-state index in [-0.39, 0.29) is 5.56 Å². The summed E-state index contributed by atoms with van der Waals surface area (Å²) < 4.78 is 10.3. The molecule has 3 rings (SSSR count). The first kappa shape index (κ1) is 17.1. The Morgan fingerprint density at radius 2 is 1.68 bits per heavy atom. The number of amides is 4. The number of carbonyl (C=O) groups excluding carboxylic acids is 3. The van der Waals surface area contributed by atoms with Crippen LogP contribution >= 0.6 is 0 Å². The van der Waals surface area contributed by atoms with Crippen molar-refractivity contribution in [3.63, 3.8) is 0 Å². The number of nitrogens with one attached hydrogen (secondary N) is 2. The summed E-state index contributed by atoms with van der Waals surface area (Å²) >= 11 is 0. The van der Waals surface area contributed by atoms with Crippen molar-refractivity contribution < 1.29 is 23.9 Å². The Morgan fingerprint density at radius 3 is 2.24 bits per heavy atom. The number of carbonyl (C=O) groups is 3. The van der Waals surface area contributed by atoms with Gasteiger partial charge >= 0.3 is 6.03 Å². The van der Waals surface area contributed by atoms with Crippen LogP contribution in [0.15, 0.2) is 18.2 Å². The van der Waals surface area contributed by atoms with E-state index < -0.39 is 23.4 Å². The molecule has 2 aliphatic rings. The summed E-state index contributed by atoms with van der Waals surface area (Å²) in [6.45, 7) is 0. The third kappa shape index (κ3) is 3.11. The zero-order chi connectivity index (χ0) is 18.0. The van der Waals surface area contributed by atoms with Crippen LogP contribution in [0.1, 0.15) is 42.5 Å². The lowest BCUT2D eigenvalue weighted by Crippen LogP contribution is -2.50. The SMILES string of the molecule is COc1cc(OC)cc(C(=O)NN2C(=O)NC3(CCCCC3)C2=O)c1. The summed E-state index contributed by atoms with van der Waals surface area (Å²) in [5.74, 6) is -0.120. The van der Waals surface area contributed by atoms with Crippen LogP contribution in [-0.4, -0.2) is 42.6 Å². The molecule has 2 N–H and O–H groups in total. The molecule has 8 heteroatoms. The Morgan fingerprint density at radius 1 is 1.08 bits per heavy atom. The molecule has 2 fully saturated rings. The third-order valence-electron chi connectivity index (χ3n) is 4.70. The minimum absolute atomic E-state index is 0.224. The molecule has 4 amide bonds. The molecular formula is C17H21N3O5. The van der Waals surface area contributed by atoms with Crippen molar-refractivity contribution in [2.45, 2.75) is 37.6 Å². The van der Waals surface area contributed by atoms with Crippen LogP contribution in [0.3, 0.4) is 0 Å². The van der Waals surface area contributed by atoms with Crippen molar-refractivity contribution in [3.05, 3.63) is 23.8 Å². The number of hydrogen-bond donors (Lipinski definition) is 2. The van der Waals surface area contributed by atoms with Gasteiger partial charge in [-0.15, -0.1) is 0 Å². The summed E-state index contributed by atoms with van der Waals surface area (Å²) in [6, 6.07) is 4.04. The molecule has 25 heavy (non-hydrogen) atoms. The second-order valence-corrected chi connectivity index (χ2v) is 6.26. The molecule has 0 radical (unpaired) electrons. The van der Waals surface area contributed by atoms with Crippen molar-refractivity contribution >= 4 is 17.8 Å². The minimum atomic E-state index is -0.880. The molecule has 1 aromatic carbocycles. The average Bonchev–Trinajstić information content (AvgIpc) is 2.85. The molecule has 1 aromatic rings. The molecule has 1 saturated heterocycles. The number of methoxy groups -OCH3 is 2. The standard InChI is InChI=1S/C17H21N3O5/c1-24-12-8-11(9-13(10-12)25-2)14(21)19-20-15(22)17(18-16(20)23)6-4-3-5-7-17/h8-10H,3-7H2,1-2H3,(H,18,23)(H,19,21). The predicted molar refractivity (Wildman–Crippen MR) is 88.2 cm³/mol. The maximum absolute atomic E-state index is 12.7. The van der Waals surface area contributed by atoms with E-state index in [0.29, 0.717) is 24.3 Å². The number of imide groups is 1. The minimum Gasteiger partial charge on any atom is -0.497 e. The quantitative estimate of drug-likeness (QED) is 0.807. The molecule has 0 bridgehead atoms. The number of urea groups is 1. The molecule has 0 aromatic heterocycles. The smallest absolute Gasteiger partial charge is 0.344 e. The summed E-state index contributed by atoms with van der Waals surface area (Å²) in [6.07, 6.45) is 3.98. The van der Waals surface area contributed by atoms with Gasteiger partial charge in [-0.25, -0.2) is 4.79 Å². The van der Waals surface area contributed by atoms with E-state index in [4.69, 9.17) is 9.47 Å². The maximum Gasteiger partial charge on any atom is 0.344 e. The summed E-state index contributed by atoms with van der Waals surface area (Å²) in [5.41, 5.74) is 1.73. The zero-order valence-corrected chi connectivity index (χ0v) is 14.3. The van der Waals surface area contributed by atoms with Crippen LogP contribution in [0, 0.1) is 0 Å². The fourth-order valence-electron chi connectivity index (χ4n) is 3.32. The lowest BCUT2D eigenvalue weighted by Gasteiger charge is -2.30. The van der Waals surface area contributed by atoms with Gasteiger partial charge in [0.15, 0.2) is 0 Å². The second kappa shape index (κ2) is 6.62. The Hall–Kier alpha value is -2.77. The first-order chi connectivity index (χ1) is 12.0. The number of rotatable bonds is 4. The van der Waals surface area contributed by atoms with Crippen LogP contribution in [-0.2, 0) is 4.79 Å². The molecule has 0 atom stereocenters. The summed E-state index contributed by atoms with van der Waals surface area (Å²) in [5, 5.41) is 3.52. The highest BCUT2D eigenvalue weighted by Crippen LogP contribution is 2.33. The Balaban J connectivity index is 1.79.